The largest absolute Gasteiger partial charge is 0.486 e. The van der Waals surface area contributed by atoms with Crippen LogP contribution < -0.4 is 14.8 Å². The van der Waals surface area contributed by atoms with Crippen LogP contribution in [0.3, 0.4) is 0 Å². The van der Waals surface area contributed by atoms with Crippen LogP contribution in [0.2, 0.25) is 0 Å². The van der Waals surface area contributed by atoms with Gasteiger partial charge in [-0.1, -0.05) is 0 Å². The van der Waals surface area contributed by atoms with Gasteiger partial charge in [0.2, 0.25) is 0 Å². The molecule has 2 N–H and O–H groups in total. The minimum atomic E-state index is 0.287. The fourth-order valence-corrected chi connectivity index (χ4v) is 2.64. The molecule has 0 saturated heterocycles. The Labute approximate surface area is 122 Å². The van der Waals surface area contributed by atoms with Gasteiger partial charge in [0.15, 0.2) is 11.5 Å². The Bertz CT molecular complexity index is 412. The fourth-order valence-electron chi connectivity index (χ4n) is 2.04. The molecule has 1 aromatic rings. The number of ether oxygens (including phenoxy) is 2. The van der Waals surface area contributed by atoms with E-state index in [4.69, 9.17) is 14.6 Å². The van der Waals surface area contributed by atoms with E-state index in [9.17, 15) is 0 Å². The average molecular weight is 330 g/mol. The minimum absolute atomic E-state index is 0.287. The van der Waals surface area contributed by atoms with Crippen molar-refractivity contribution in [3.05, 3.63) is 22.2 Å². The van der Waals surface area contributed by atoms with E-state index in [1.54, 1.807) is 0 Å². The number of hydrogen-bond acceptors (Lipinski definition) is 4. The number of aliphatic hydroxyl groups is 1. The first kappa shape index (κ1) is 14.6. The number of unbranched alkanes of at least 4 members (excludes halogenated alkanes) is 2. The Hall–Kier alpha value is -0.780. The number of nitrogens with one attached hydrogen (secondary N) is 1. The molecule has 0 bridgehead atoms. The molecule has 0 spiro atoms. The molecule has 1 aliphatic heterocycles. The summed E-state index contributed by atoms with van der Waals surface area (Å²) in [6.45, 7) is 3.28. The van der Waals surface area contributed by atoms with Crippen LogP contribution in [0.4, 0.5) is 0 Å². The van der Waals surface area contributed by atoms with Crippen molar-refractivity contribution in [2.24, 2.45) is 0 Å². The Balaban J connectivity index is 1.82. The third-order valence-electron chi connectivity index (χ3n) is 3.00. The number of fused-ring (bicyclic) bond motifs is 1. The van der Waals surface area contributed by atoms with Gasteiger partial charge < -0.3 is 19.9 Å². The highest BCUT2D eigenvalue weighted by Gasteiger charge is 2.15. The van der Waals surface area contributed by atoms with Crippen LogP contribution in [0.5, 0.6) is 11.5 Å². The lowest BCUT2D eigenvalue weighted by Gasteiger charge is -2.20. The van der Waals surface area contributed by atoms with Crippen molar-refractivity contribution < 1.29 is 14.6 Å². The number of rotatable bonds is 7. The monoisotopic (exact) mass is 329 g/mol. The summed E-state index contributed by atoms with van der Waals surface area (Å²) in [5.41, 5.74) is 1.18. The van der Waals surface area contributed by atoms with E-state index in [1.807, 2.05) is 6.07 Å². The number of benzene rings is 1. The minimum Gasteiger partial charge on any atom is -0.486 e. The van der Waals surface area contributed by atoms with Gasteiger partial charge in [-0.15, -0.1) is 0 Å². The molecular formula is C14H20BrNO3. The SMILES string of the molecule is OCCCCCNCc1cc(Br)c2c(c1)OCCO2. The molecule has 0 unspecified atom stereocenters. The maximum Gasteiger partial charge on any atom is 0.175 e. The van der Waals surface area contributed by atoms with Crippen LogP contribution >= 0.6 is 15.9 Å². The molecule has 0 aliphatic carbocycles. The molecule has 1 aromatic carbocycles. The van der Waals surface area contributed by atoms with Crippen molar-refractivity contribution in [1.29, 1.82) is 0 Å². The van der Waals surface area contributed by atoms with Crippen molar-refractivity contribution in [2.75, 3.05) is 26.4 Å². The maximum atomic E-state index is 8.69. The third-order valence-corrected chi connectivity index (χ3v) is 3.59. The topological polar surface area (TPSA) is 50.7 Å². The summed E-state index contributed by atoms with van der Waals surface area (Å²) < 4.78 is 12.1. The zero-order valence-corrected chi connectivity index (χ0v) is 12.5. The van der Waals surface area contributed by atoms with Crippen molar-refractivity contribution in [3.8, 4) is 11.5 Å². The highest BCUT2D eigenvalue weighted by molar-refractivity contribution is 9.10. The second-order valence-corrected chi connectivity index (χ2v) is 5.42. The standard InChI is InChI=1S/C14H20BrNO3/c15-12-8-11(10-16-4-2-1-3-5-17)9-13-14(12)19-7-6-18-13/h8-9,16-17H,1-7,10H2. The highest BCUT2D eigenvalue weighted by Crippen LogP contribution is 2.38. The van der Waals surface area contributed by atoms with Gasteiger partial charge >= 0.3 is 0 Å². The van der Waals surface area contributed by atoms with Crippen LogP contribution in [-0.2, 0) is 6.54 Å². The van der Waals surface area contributed by atoms with Gasteiger partial charge in [-0.2, -0.15) is 0 Å². The normalized spacial score (nSPS) is 13.6. The maximum absolute atomic E-state index is 8.69. The molecule has 0 radical (unpaired) electrons. The molecule has 0 atom stereocenters. The number of aliphatic hydroxyl groups excluding tert-OH is 1. The first-order chi connectivity index (χ1) is 9.31. The highest BCUT2D eigenvalue weighted by atomic mass is 79.9. The van der Waals surface area contributed by atoms with Gasteiger partial charge in [0.05, 0.1) is 4.47 Å². The van der Waals surface area contributed by atoms with E-state index in [2.05, 4.69) is 27.3 Å². The zero-order valence-electron chi connectivity index (χ0n) is 11.0. The predicted octanol–water partition coefficient (Wildman–Crippen LogP) is 2.47. The lowest BCUT2D eigenvalue weighted by molar-refractivity contribution is 0.170. The molecule has 0 saturated carbocycles. The molecule has 0 aromatic heterocycles. The van der Waals surface area contributed by atoms with E-state index in [1.165, 1.54) is 5.56 Å². The number of hydrogen-bond donors (Lipinski definition) is 2. The average Bonchev–Trinajstić information content (AvgIpc) is 2.43. The molecule has 1 heterocycles. The summed E-state index contributed by atoms with van der Waals surface area (Å²) in [5.74, 6) is 1.62. The van der Waals surface area contributed by atoms with Crippen LogP contribution in [-0.4, -0.2) is 31.5 Å². The summed E-state index contributed by atoms with van der Waals surface area (Å²) in [4.78, 5) is 0. The van der Waals surface area contributed by atoms with E-state index in [-0.39, 0.29) is 6.61 Å². The summed E-state index contributed by atoms with van der Waals surface area (Å²) in [7, 11) is 0. The molecule has 4 nitrogen and oxygen atoms in total. The van der Waals surface area contributed by atoms with Gasteiger partial charge in [0.25, 0.3) is 0 Å². The molecule has 1 aliphatic rings. The quantitative estimate of drug-likeness (QED) is 0.754. The van der Waals surface area contributed by atoms with Crippen LogP contribution in [0, 0.1) is 0 Å². The molecule has 0 amide bonds. The Morgan fingerprint density at radius 1 is 1.16 bits per heavy atom. The summed E-state index contributed by atoms with van der Waals surface area (Å²) in [5, 5.41) is 12.1. The second-order valence-electron chi connectivity index (χ2n) is 4.56. The van der Waals surface area contributed by atoms with Gasteiger partial charge in [-0.05, 0) is 59.4 Å². The van der Waals surface area contributed by atoms with E-state index < -0.39 is 0 Å². The lowest BCUT2D eigenvalue weighted by Crippen LogP contribution is -2.18. The van der Waals surface area contributed by atoms with Crippen LogP contribution in [0.15, 0.2) is 16.6 Å². The summed E-state index contributed by atoms with van der Waals surface area (Å²) >= 11 is 3.52. The zero-order chi connectivity index (χ0) is 13.5. The first-order valence-corrected chi connectivity index (χ1v) is 7.50. The Morgan fingerprint density at radius 2 is 2.00 bits per heavy atom. The third kappa shape index (κ3) is 4.37. The second kappa shape index (κ2) is 7.72. The summed E-state index contributed by atoms with van der Waals surface area (Å²) in [6.07, 6.45) is 3.04. The number of halogens is 1. The van der Waals surface area contributed by atoms with Crippen molar-refractivity contribution in [1.82, 2.24) is 5.32 Å². The molecular weight excluding hydrogens is 310 g/mol. The molecule has 2 rings (SSSR count). The first-order valence-electron chi connectivity index (χ1n) is 6.71. The van der Waals surface area contributed by atoms with E-state index in [0.29, 0.717) is 13.2 Å². The smallest absolute Gasteiger partial charge is 0.175 e. The van der Waals surface area contributed by atoms with Crippen molar-refractivity contribution in [3.63, 3.8) is 0 Å². The van der Waals surface area contributed by atoms with Crippen molar-refractivity contribution >= 4 is 15.9 Å². The van der Waals surface area contributed by atoms with Crippen LogP contribution in [0.1, 0.15) is 24.8 Å². The van der Waals surface area contributed by atoms with Gasteiger partial charge in [-0.25, -0.2) is 0 Å². The van der Waals surface area contributed by atoms with E-state index >= 15 is 0 Å². The van der Waals surface area contributed by atoms with Gasteiger partial charge in [-0.3, -0.25) is 0 Å². The Morgan fingerprint density at radius 3 is 2.84 bits per heavy atom. The van der Waals surface area contributed by atoms with Gasteiger partial charge in [0, 0.05) is 13.2 Å². The Kier molecular flexibility index (Phi) is 5.94. The van der Waals surface area contributed by atoms with Crippen molar-refractivity contribution in [2.45, 2.75) is 25.8 Å². The molecule has 5 heteroatoms. The van der Waals surface area contributed by atoms with Crippen LogP contribution in [0.25, 0.3) is 0 Å². The lowest BCUT2D eigenvalue weighted by atomic mass is 10.2. The van der Waals surface area contributed by atoms with Gasteiger partial charge in [0.1, 0.15) is 13.2 Å². The molecule has 0 fully saturated rings. The predicted molar refractivity (Wildman–Crippen MR) is 77.8 cm³/mol. The molecule has 19 heavy (non-hydrogen) atoms. The summed E-state index contributed by atoms with van der Waals surface area (Å²) in [6, 6.07) is 4.09. The fraction of sp³-hybridized carbons (Fsp3) is 0.571. The van der Waals surface area contributed by atoms with E-state index in [0.717, 1.165) is 48.3 Å². The molecule has 106 valence electrons.